The van der Waals surface area contributed by atoms with E-state index in [1.807, 2.05) is 0 Å². The topological polar surface area (TPSA) is 61.4 Å². The van der Waals surface area contributed by atoms with E-state index >= 15 is 0 Å². The van der Waals surface area contributed by atoms with E-state index in [4.69, 9.17) is 0 Å². The van der Waals surface area contributed by atoms with Crippen LogP contribution in [0.15, 0.2) is 0 Å². The first-order valence-electron chi connectivity index (χ1n) is 6.87. The molecule has 1 saturated carbocycles. The molecule has 0 aromatic heterocycles. The summed E-state index contributed by atoms with van der Waals surface area (Å²) >= 11 is 0. The number of piperazine rings is 1. The lowest BCUT2D eigenvalue weighted by Gasteiger charge is -2.36. The molecular weight excluding hydrogens is 250 g/mol. The fourth-order valence-electron chi connectivity index (χ4n) is 2.97. The van der Waals surface area contributed by atoms with Gasteiger partial charge < -0.3 is 5.32 Å². The van der Waals surface area contributed by atoms with Crippen LogP contribution < -0.4 is 10.0 Å². The van der Waals surface area contributed by atoms with Crippen LogP contribution in [-0.4, -0.2) is 44.9 Å². The van der Waals surface area contributed by atoms with Gasteiger partial charge in [0, 0.05) is 32.2 Å². The van der Waals surface area contributed by atoms with E-state index in [1.165, 1.54) is 6.42 Å². The van der Waals surface area contributed by atoms with Crippen molar-refractivity contribution in [3.8, 4) is 0 Å². The quantitative estimate of drug-likeness (QED) is 0.797. The van der Waals surface area contributed by atoms with E-state index in [-0.39, 0.29) is 11.5 Å². The van der Waals surface area contributed by atoms with E-state index in [9.17, 15) is 8.42 Å². The Bertz CT molecular complexity index is 375. The van der Waals surface area contributed by atoms with Crippen LogP contribution in [-0.2, 0) is 10.2 Å². The second-order valence-electron chi connectivity index (χ2n) is 6.23. The predicted molar refractivity (Wildman–Crippen MR) is 72.5 cm³/mol. The van der Waals surface area contributed by atoms with Gasteiger partial charge >= 0.3 is 0 Å². The summed E-state index contributed by atoms with van der Waals surface area (Å²) in [5.74, 6) is 0. The molecule has 0 spiro atoms. The van der Waals surface area contributed by atoms with Gasteiger partial charge in [-0.3, -0.25) is 0 Å². The minimum Gasteiger partial charge on any atom is -0.314 e. The molecule has 0 aromatic rings. The van der Waals surface area contributed by atoms with Crippen molar-refractivity contribution in [2.24, 2.45) is 5.41 Å². The van der Waals surface area contributed by atoms with Crippen LogP contribution in [0.1, 0.15) is 39.5 Å². The molecule has 5 nitrogen and oxygen atoms in total. The molecule has 0 aromatic carbocycles. The predicted octanol–water partition coefficient (Wildman–Crippen LogP) is 0.695. The molecule has 0 bridgehead atoms. The first kappa shape index (κ1) is 14.2. The van der Waals surface area contributed by atoms with Gasteiger partial charge in [-0.15, -0.1) is 0 Å². The smallest absolute Gasteiger partial charge is 0.279 e. The van der Waals surface area contributed by atoms with Crippen LogP contribution in [0.4, 0.5) is 0 Å². The van der Waals surface area contributed by atoms with Crippen molar-refractivity contribution < 1.29 is 8.42 Å². The van der Waals surface area contributed by atoms with Crippen molar-refractivity contribution in [3.63, 3.8) is 0 Å². The Kier molecular flexibility index (Phi) is 4.31. The van der Waals surface area contributed by atoms with Crippen LogP contribution in [0, 0.1) is 5.41 Å². The second-order valence-corrected chi connectivity index (χ2v) is 7.93. The number of hydrogen-bond acceptors (Lipinski definition) is 3. The first-order chi connectivity index (χ1) is 8.39. The molecule has 1 saturated heterocycles. The van der Waals surface area contributed by atoms with Gasteiger partial charge in [-0.2, -0.15) is 17.4 Å². The van der Waals surface area contributed by atoms with Gasteiger partial charge in [0.1, 0.15) is 0 Å². The van der Waals surface area contributed by atoms with E-state index in [1.54, 1.807) is 4.31 Å². The van der Waals surface area contributed by atoms with Gasteiger partial charge in [0.15, 0.2) is 0 Å². The molecule has 0 amide bonds. The minimum absolute atomic E-state index is 0.105. The summed E-state index contributed by atoms with van der Waals surface area (Å²) in [5.41, 5.74) is 0.259. The highest BCUT2D eigenvalue weighted by Gasteiger charge is 2.32. The second kappa shape index (κ2) is 5.45. The van der Waals surface area contributed by atoms with Gasteiger partial charge in [-0.05, 0) is 24.7 Å². The maximum atomic E-state index is 12.3. The normalized spacial score (nSPS) is 30.2. The van der Waals surface area contributed by atoms with E-state index < -0.39 is 10.2 Å². The summed E-state index contributed by atoms with van der Waals surface area (Å²) < 4.78 is 29.0. The molecule has 1 unspecified atom stereocenters. The van der Waals surface area contributed by atoms with Crippen molar-refractivity contribution in [1.82, 2.24) is 14.3 Å². The minimum atomic E-state index is -3.29. The Balaban J connectivity index is 1.95. The maximum absolute atomic E-state index is 12.3. The van der Waals surface area contributed by atoms with Crippen molar-refractivity contribution in [2.75, 3.05) is 26.2 Å². The third-order valence-electron chi connectivity index (χ3n) is 3.94. The highest BCUT2D eigenvalue weighted by molar-refractivity contribution is 7.87. The molecule has 2 fully saturated rings. The van der Waals surface area contributed by atoms with Crippen LogP contribution in [0.5, 0.6) is 0 Å². The summed E-state index contributed by atoms with van der Waals surface area (Å²) in [4.78, 5) is 0. The third kappa shape index (κ3) is 3.66. The van der Waals surface area contributed by atoms with Gasteiger partial charge in [0.2, 0.25) is 0 Å². The molecule has 2 rings (SSSR count). The Morgan fingerprint density at radius 1 is 1.28 bits per heavy atom. The first-order valence-corrected chi connectivity index (χ1v) is 8.31. The number of nitrogens with zero attached hydrogens (tertiary/aromatic N) is 1. The summed E-state index contributed by atoms with van der Waals surface area (Å²) in [6.07, 6.45) is 4.22. The number of nitrogens with one attached hydrogen (secondary N) is 2. The lowest BCUT2D eigenvalue weighted by Crippen LogP contribution is -2.53. The molecular formula is C12H25N3O2S. The van der Waals surface area contributed by atoms with Crippen LogP contribution >= 0.6 is 0 Å². The number of rotatable bonds is 3. The van der Waals surface area contributed by atoms with Crippen molar-refractivity contribution in [3.05, 3.63) is 0 Å². The Morgan fingerprint density at radius 2 is 1.94 bits per heavy atom. The zero-order valence-corrected chi connectivity index (χ0v) is 12.2. The summed E-state index contributed by atoms with van der Waals surface area (Å²) in [5, 5.41) is 3.17. The van der Waals surface area contributed by atoms with Gasteiger partial charge in [-0.25, -0.2) is 0 Å². The lowest BCUT2D eigenvalue weighted by atomic mass is 9.75. The fraction of sp³-hybridized carbons (Fsp3) is 1.00. The fourth-order valence-corrected chi connectivity index (χ4v) is 4.40. The average Bonchev–Trinajstić information content (AvgIpc) is 2.28. The lowest BCUT2D eigenvalue weighted by molar-refractivity contribution is 0.209. The highest BCUT2D eigenvalue weighted by atomic mass is 32.2. The zero-order chi connectivity index (χ0) is 13.2. The molecule has 2 aliphatic rings. The molecule has 18 heavy (non-hydrogen) atoms. The molecule has 106 valence electrons. The zero-order valence-electron chi connectivity index (χ0n) is 11.4. The molecule has 6 heteroatoms. The standard InChI is InChI=1S/C12H25N3O2S/c1-12(2)5-3-4-11(10-12)14-18(16,17)15-8-6-13-7-9-15/h11,13-14H,3-10H2,1-2H3. The molecule has 0 radical (unpaired) electrons. The van der Waals surface area contributed by atoms with E-state index in [2.05, 4.69) is 23.9 Å². The van der Waals surface area contributed by atoms with Crippen molar-refractivity contribution >= 4 is 10.2 Å². The van der Waals surface area contributed by atoms with E-state index in [0.717, 1.165) is 32.4 Å². The Hall–Kier alpha value is -0.170. The van der Waals surface area contributed by atoms with Crippen LogP contribution in [0.25, 0.3) is 0 Å². The maximum Gasteiger partial charge on any atom is 0.279 e. The molecule has 1 atom stereocenters. The van der Waals surface area contributed by atoms with Crippen LogP contribution in [0.3, 0.4) is 0 Å². The molecule has 1 aliphatic carbocycles. The third-order valence-corrected chi connectivity index (χ3v) is 5.61. The van der Waals surface area contributed by atoms with Crippen molar-refractivity contribution in [2.45, 2.75) is 45.6 Å². The monoisotopic (exact) mass is 275 g/mol. The Morgan fingerprint density at radius 3 is 2.56 bits per heavy atom. The van der Waals surface area contributed by atoms with Gasteiger partial charge in [-0.1, -0.05) is 20.3 Å². The van der Waals surface area contributed by atoms with Crippen molar-refractivity contribution in [1.29, 1.82) is 0 Å². The SMILES string of the molecule is CC1(C)CCCC(NS(=O)(=O)N2CCNCC2)C1. The summed E-state index contributed by atoms with van der Waals surface area (Å²) in [6, 6.07) is 0.105. The van der Waals surface area contributed by atoms with Gasteiger partial charge in [0.25, 0.3) is 10.2 Å². The molecule has 2 N–H and O–H groups in total. The van der Waals surface area contributed by atoms with Crippen LogP contribution in [0.2, 0.25) is 0 Å². The van der Waals surface area contributed by atoms with Gasteiger partial charge in [0.05, 0.1) is 0 Å². The highest BCUT2D eigenvalue weighted by Crippen LogP contribution is 2.35. The Labute approximate surface area is 110 Å². The molecule has 1 heterocycles. The summed E-state index contributed by atoms with van der Waals surface area (Å²) in [7, 11) is -3.29. The van der Waals surface area contributed by atoms with E-state index in [0.29, 0.717) is 13.1 Å². The largest absolute Gasteiger partial charge is 0.314 e. The summed E-state index contributed by atoms with van der Waals surface area (Å²) in [6.45, 7) is 7.08. The average molecular weight is 275 g/mol. The molecule has 1 aliphatic heterocycles. The number of hydrogen-bond donors (Lipinski definition) is 2.